The molecule has 0 spiro atoms. The fraction of sp³-hybridized carbons (Fsp3) is 0.867. The lowest BCUT2D eigenvalue weighted by atomic mass is 9.97. The molecule has 21 heavy (non-hydrogen) atoms. The van der Waals surface area contributed by atoms with Gasteiger partial charge in [0.05, 0.1) is 0 Å². The van der Waals surface area contributed by atoms with Crippen LogP contribution in [-0.2, 0) is 4.79 Å². The molecule has 0 bridgehead atoms. The summed E-state index contributed by atoms with van der Waals surface area (Å²) >= 11 is 0. The first-order valence-corrected chi connectivity index (χ1v) is 7.77. The Balaban J connectivity index is 2.20. The highest BCUT2D eigenvalue weighted by Crippen LogP contribution is 2.16. The predicted molar refractivity (Wildman–Crippen MR) is 82.3 cm³/mol. The van der Waals surface area contributed by atoms with Crippen LogP contribution < -0.4 is 5.32 Å². The minimum atomic E-state index is -0.785. The average Bonchev–Trinajstić information content (AvgIpc) is 2.44. The molecule has 1 rings (SSSR count). The van der Waals surface area contributed by atoms with Crippen molar-refractivity contribution < 1.29 is 14.7 Å². The Morgan fingerprint density at radius 3 is 2.57 bits per heavy atom. The van der Waals surface area contributed by atoms with Crippen LogP contribution in [0.4, 0.5) is 4.79 Å². The first kappa shape index (κ1) is 17.8. The van der Waals surface area contributed by atoms with Crippen molar-refractivity contribution in [3.8, 4) is 0 Å². The number of carboxylic acids is 1. The van der Waals surface area contributed by atoms with E-state index < -0.39 is 5.97 Å². The van der Waals surface area contributed by atoms with E-state index in [2.05, 4.69) is 17.3 Å². The summed E-state index contributed by atoms with van der Waals surface area (Å²) in [6.45, 7) is 5.49. The van der Waals surface area contributed by atoms with Gasteiger partial charge in [-0.3, -0.25) is 4.79 Å². The van der Waals surface area contributed by atoms with Crippen LogP contribution in [-0.4, -0.2) is 67.2 Å². The van der Waals surface area contributed by atoms with E-state index in [9.17, 15) is 9.59 Å². The zero-order valence-electron chi connectivity index (χ0n) is 13.5. The van der Waals surface area contributed by atoms with E-state index in [0.717, 1.165) is 32.5 Å². The molecule has 1 heterocycles. The van der Waals surface area contributed by atoms with Gasteiger partial charge in [0.15, 0.2) is 0 Å². The van der Waals surface area contributed by atoms with E-state index in [-0.39, 0.29) is 18.4 Å². The van der Waals surface area contributed by atoms with Crippen LogP contribution in [0, 0.1) is 11.8 Å². The fourth-order valence-corrected chi connectivity index (χ4v) is 2.58. The Kier molecular flexibility index (Phi) is 7.50. The van der Waals surface area contributed by atoms with Crippen molar-refractivity contribution in [3.63, 3.8) is 0 Å². The maximum Gasteiger partial charge on any atom is 0.317 e. The maximum absolute atomic E-state index is 12.0. The second-order valence-electron chi connectivity index (χ2n) is 6.35. The Hall–Kier alpha value is -1.30. The Labute approximate surface area is 127 Å². The van der Waals surface area contributed by atoms with E-state index in [1.807, 2.05) is 14.0 Å². The molecule has 0 aromatic heterocycles. The normalized spacial score (nSPS) is 18.2. The molecule has 0 aromatic carbocycles. The number of amides is 2. The molecule has 6 heteroatoms. The molecule has 0 aliphatic carbocycles. The Bertz CT molecular complexity index is 341. The van der Waals surface area contributed by atoms with Gasteiger partial charge < -0.3 is 20.2 Å². The van der Waals surface area contributed by atoms with E-state index in [4.69, 9.17) is 5.11 Å². The van der Waals surface area contributed by atoms with Crippen LogP contribution in [0.5, 0.6) is 0 Å². The summed E-state index contributed by atoms with van der Waals surface area (Å²) in [6, 6.07) is -0.0592. The highest BCUT2D eigenvalue weighted by atomic mass is 16.4. The number of nitrogens with one attached hydrogen (secondary N) is 1. The van der Waals surface area contributed by atoms with Gasteiger partial charge in [-0.15, -0.1) is 0 Å². The van der Waals surface area contributed by atoms with Gasteiger partial charge in [0.1, 0.15) is 0 Å². The molecule has 1 aliphatic rings. The summed E-state index contributed by atoms with van der Waals surface area (Å²) in [6.07, 6.45) is 3.03. The molecule has 1 atom stereocenters. The molecule has 0 radical (unpaired) electrons. The van der Waals surface area contributed by atoms with Crippen molar-refractivity contribution in [2.24, 2.45) is 11.8 Å². The number of nitrogens with zero attached hydrogens (tertiary/aromatic N) is 2. The number of likely N-dealkylation sites (tertiary alicyclic amines) is 1. The van der Waals surface area contributed by atoms with Crippen molar-refractivity contribution in [2.45, 2.75) is 32.6 Å². The van der Waals surface area contributed by atoms with Crippen LogP contribution in [0.1, 0.15) is 32.6 Å². The summed E-state index contributed by atoms with van der Waals surface area (Å²) in [7, 11) is 3.96. The topological polar surface area (TPSA) is 72.9 Å². The second-order valence-corrected chi connectivity index (χ2v) is 6.35. The van der Waals surface area contributed by atoms with E-state index >= 15 is 0 Å². The van der Waals surface area contributed by atoms with Crippen molar-refractivity contribution in [3.05, 3.63) is 0 Å². The molecule has 122 valence electrons. The molecular formula is C15H29N3O3. The minimum absolute atomic E-state index is 0.0592. The van der Waals surface area contributed by atoms with Crippen molar-refractivity contribution in [1.82, 2.24) is 15.1 Å². The van der Waals surface area contributed by atoms with E-state index in [0.29, 0.717) is 18.9 Å². The zero-order chi connectivity index (χ0) is 15.8. The standard InChI is InChI=1S/C15H29N3O3/c1-12(4-5-14(19)20)10-16-15(21)18(3)11-13-6-8-17(2)9-7-13/h12-13H,4-11H2,1-3H3,(H,16,21)(H,19,20). The third-order valence-electron chi connectivity index (χ3n) is 4.17. The molecule has 0 saturated carbocycles. The van der Waals surface area contributed by atoms with Gasteiger partial charge >= 0.3 is 12.0 Å². The maximum atomic E-state index is 12.0. The van der Waals surface area contributed by atoms with Crippen molar-refractivity contribution in [2.75, 3.05) is 40.3 Å². The van der Waals surface area contributed by atoms with Gasteiger partial charge in [-0.1, -0.05) is 6.92 Å². The second kappa shape index (κ2) is 8.87. The minimum Gasteiger partial charge on any atom is -0.481 e. The summed E-state index contributed by atoms with van der Waals surface area (Å²) in [4.78, 5) is 26.6. The fourth-order valence-electron chi connectivity index (χ4n) is 2.58. The number of aliphatic carboxylic acids is 1. The molecule has 1 fully saturated rings. The predicted octanol–water partition coefficient (Wildman–Crippen LogP) is 1.47. The lowest BCUT2D eigenvalue weighted by Crippen LogP contribution is -2.43. The van der Waals surface area contributed by atoms with Gasteiger partial charge in [-0.05, 0) is 51.2 Å². The summed E-state index contributed by atoms with van der Waals surface area (Å²) in [5.74, 6) is -0.0178. The van der Waals surface area contributed by atoms with Crippen LogP contribution in [0.15, 0.2) is 0 Å². The number of piperidine rings is 1. The number of urea groups is 1. The van der Waals surface area contributed by atoms with Crippen LogP contribution >= 0.6 is 0 Å². The van der Waals surface area contributed by atoms with Gasteiger partial charge in [-0.25, -0.2) is 4.79 Å². The van der Waals surface area contributed by atoms with Crippen molar-refractivity contribution >= 4 is 12.0 Å². The van der Waals surface area contributed by atoms with Gasteiger partial charge in [-0.2, -0.15) is 0 Å². The average molecular weight is 299 g/mol. The van der Waals surface area contributed by atoms with Crippen molar-refractivity contribution in [1.29, 1.82) is 0 Å². The van der Waals surface area contributed by atoms with Crippen LogP contribution in [0.3, 0.4) is 0 Å². The molecule has 1 saturated heterocycles. The number of carbonyl (C=O) groups excluding carboxylic acids is 1. The largest absolute Gasteiger partial charge is 0.481 e. The molecular weight excluding hydrogens is 270 g/mol. The first-order chi connectivity index (χ1) is 9.88. The first-order valence-electron chi connectivity index (χ1n) is 7.77. The summed E-state index contributed by atoms with van der Waals surface area (Å²) in [5, 5.41) is 11.5. The Morgan fingerprint density at radius 1 is 1.38 bits per heavy atom. The summed E-state index contributed by atoms with van der Waals surface area (Å²) < 4.78 is 0. The number of hydrogen-bond acceptors (Lipinski definition) is 3. The lowest BCUT2D eigenvalue weighted by molar-refractivity contribution is -0.137. The third-order valence-corrected chi connectivity index (χ3v) is 4.17. The monoisotopic (exact) mass is 299 g/mol. The van der Waals surface area contributed by atoms with Crippen LogP contribution in [0.2, 0.25) is 0 Å². The molecule has 1 unspecified atom stereocenters. The highest BCUT2D eigenvalue weighted by molar-refractivity contribution is 5.73. The quantitative estimate of drug-likeness (QED) is 0.746. The molecule has 2 N–H and O–H groups in total. The molecule has 2 amide bonds. The van der Waals surface area contributed by atoms with Gasteiger partial charge in [0.25, 0.3) is 0 Å². The molecule has 6 nitrogen and oxygen atoms in total. The van der Waals surface area contributed by atoms with E-state index in [1.54, 1.807) is 4.90 Å². The number of rotatable bonds is 7. The SMILES string of the molecule is CC(CCC(=O)O)CNC(=O)N(C)CC1CCN(C)CC1. The van der Waals surface area contributed by atoms with Crippen LogP contribution in [0.25, 0.3) is 0 Å². The van der Waals surface area contributed by atoms with E-state index in [1.165, 1.54) is 0 Å². The number of hydrogen-bond donors (Lipinski definition) is 2. The Morgan fingerprint density at radius 2 is 2.00 bits per heavy atom. The summed E-state index contributed by atoms with van der Waals surface area (Å²) in [5.41, 5.74) is 0. The highest BCUT2D eigenvalue weighted by Gasteiger charge is 2.20. The zero-order valence-corrected chi connectivity index (χ0v) is 13.5. The van der Waals surface area contributed by atoms with Gasteiger partial charge in [0.2, 0.25) is 0 Å². The number of carbonyl (C=O) groups is 2. The lowest BCUT2D eigenvalue weighted by Gasteiger charge is -2.31. The smallest absolute Gasteiger partial charge is 0.317 e. The molecule has 0 aromatic rings. The molecule has 1 aliphatic heterocycles. The number of carboxylic acid groups (broad SMARTS) is 1. The third kappa shape index (κ3) is 7.32. The van der Waals surface area contributed by atoms with Gasteiger partial charge in [0, 0.05) is 26.6 Å².